The Morgan fingerprint density at radius 1 is 1.03 bits per heavy atom. The molecule has 0 bridgehead atoms. The van der Waals surface area contributed by atoms with Gasteiger partial charge in [0.15, 0.2) is 0 Å². The van der Waals surface area contributed by atoms with E-state index in [1.54, 1.807) is 23.5 Å². The van der Waals surface area contributed by atoms with Crippen LogP contribution in [0.5, 0.6) is 0 Å². The lowest BCUT2D eigenvalue weighted by atomic mass is 9.92. The van der Waals surface area contributed by atoms with E-state index in [1.165, 1.54) is 38.0 Å². The number of piperazine rings is 1. The Labute approximate surface area is 222 Å². The maximum atomic E-state index is 13.5. The van der Waals surface area contributed by atoms with Crippen molar-refractivity contribution in [2.24, 2.45) is 0 Å². The molecule has 1 amide bonds. The third-order valence-electron chi connectivity index (χ3n) is 7.14. The molecule has 9 heteroatoms. The number of sulfonamides is 1. The highest BCUT2D eigenvalue weighted by molar-refractivity contribution is 7.89. The number of carbonyl (C=O) groups is 1. The first-order valence-electron chi connectivity index (χ1n) is 12.2. The van der Waals surface area contributed by atoms with Crippen molar-refractivity contribution < 1.29 is 13.2 Å². The van der Waals surface area contributed by atoms with Crippen molar-refractivity contribution in [3.63, 3.8) is 0 Å². The number of benzene rings is 2. The zero-order chi connectivity index (χ0) is 25.4. The number of hydrogen-bond acceptors (Lipinski definition) is 5. The van der Waals surface area contributed by atoms with Crippen molar-refractivity contribution in [3.05, 3.63) is 86.6 Å². The molecule has 0 spiro atoms. The van der Waals surface area contributed by atoms with Gasteiger partial charge < -0.3 is 4.90 Å². The summed E-state index contributed by atoms with van der Waals surface area (Å²) in [7, 11) is -3.65. The summed E-state index contributed by atoms with van der Waals surface area (Å²) < 4.78 is 27.9. The molecule has 0 N–H and O–H groups in total. The van der Waals surface area contributed by atoms with Crippen LogP contribution >= 0.6 is 22.9 Å². The minimum atomic E-state index is -3.65. The van der Waals surface area contributed by atoms with Crippen LogP contribution in [-0.2, 0) is 21.2 Å². The number of fused-ring (bicyclic) bond motifs is 1. The maximum Gasteiger partial charge on any atom is 0.243 e. The van der Waals surface area contributed by atoms with E-state index in [9.17, 15) is 13.2 Å². The van der Waals surface area contributed by atoms with E-state index in [4.69, 9.17) is 11.6 Å². The fourth-order valence-electron chi connectivity index (χ4n) is 5.22. The van der Waals surface area contributed by atoms with Crippen LogP contribution in [0.3, 0.4) is 0 Å². The molecule has 1 aromatic heterocycles. The van der Waals surface area contributed by atoms with Crippen molar-refractivity contribution in [3.8, 4) is 0 Å². The van der Waals surface area contributed by atoms with Gasteiger partial charge in [-0.2, -0.15) is 4.31 Å². The van der Waals surface area contributed by atoms with Gasteiger partial charge in [0.05, 0.1) is 17.5 Å². The monoisotopic (exact) mass is 543 g/mol. The Kier molecular flexibility index (Phi) is 7.25. The van der Waals surface area contributed by atoms with Gasteiger partial charge >= 0.3 is 0 Å². The van der Waals surface area contributed by atoms with Gasteiger partial charge in [0.25, 0.3) is 0 Å². The van der Waals surface area contributed by atoms with Gasteiger partial charge in [0, 0.05) is 42.1 Å². The number of amides is 1. The van der Waals surface area contributed by atoms with Crippen LogP contribution in [-0.4, -0.2) is 67.2 Å². The number of hydrogen-bond donors (Lipinski definition) is 0. The molecule has 2 aliphatic rings. The zero-order valence-corrected chi connectivity index (χ0v) is 22.8. The third kappa shape index (κ3) is 4.97. The number of thiophene rings is 1. The Bertz CT molecular complexity index is 1340. The number of halogens is 1. The molecule has 0 aliphatic carbocycles. The van der Waals surface area contributed by atoms with Crippen LogP contribution in [0, 0.1) is 6.92 Å². The van der Waals surface area contributed by atoms with Crippen molar-refractivity contribution in [2.75, 3.05) is 32.7 Å². The summed E-state index contributed by atoms with van der Waals surface area (Å²) in [4.78, 5) is 19.2. The van der Waals surface area contributed by atoms with Gasteiger partial charge in [-0.1, -0.05) is 41.4 Å². The molecule has 0 radical (unpaired) electrons. The molecule has 3 heterocycles. The molecule has 2 atom stereocenters. The molecule has 2 aliphatic heterocycles. The first-order chi connectivity index (χ1) is 17.2. The molecule has 1 saturated heterocycles. The van der Waals surface area contributed by atoms with Crippen molar-refractivity contribution in [2.45, 2.75) is 37.2 Å². The highest BCUT2D eigenvalue weighted by atomic mass is 35.5. The largest absolute Gasteiger partial charge is 0.339 e. The first-order valence-corrected chi connectivity index (χ1v) is 14.9. The Morgan fingerprint density at radius 2 is 1.75 bits per heavy atom. The molecule has 0 unspecified atom stereocenters. The van der Waals surface area contributed by atoms with E-state index in [-0.39, 0.29) is 29.4 Å². The number of nitrogens with zero attached hydrogens (tertiary/aromatic N) is 3. The fourth-order valence-corrected chi connectivity index (χ4v) is 7.86. The molecule has 36 heavy (non-hydrogen) atoms. The predicted molar refractivity (Wildman–Crippen MR) is 144 cm³/mol. The van der Waals surface area contributed by atoms with Crippen LogP contribution in [0.2, 0.25) is 5.02 Å². The summed E-state index contributed by atoms with van der Waals surface area (Å²) in [5.41, 5.74) is 3.69. The van der Waals surface area contributed by atoms with Gasteiger partial charge in [-0.25, -0.2) is 8.42 Å². The van der Waals surface area contributed by atoms with E-state index < -0.39 is 10.0 Å². The highest BCUT2D eigenvalue weighted by Gasteiger charge is 2.37. The second-order valence-corrected chi connectivity index (χ2v) is 12.9. The van der Waals surface area contributed by atoms with Crippen molar-refractivity contribution >= 4 is 38.9 Å². The minimum absolute atomic E-state index is 0.0428. The second kappa shape index (κ2) is 10.3. The molecule has 1 fully saturated rings. The van der Waals surface area contributed by atoms with Crippen LogP contribution in [0.1, 0.15) is 34.5 Å². The third-order valence-corrected chi connectivity index (χ3v) is 10.4. The fraction of sp³-hybridized carbons (Fsp3) is 0.370. The van der Waals surface area contributed by atoms with E-state index in [0.717, 1.165) is 13.0 Å². The average molecular weight is 544 g/mol. The lowest BCUT2D eigenvalue weighted by Crippen LogP contribution is -2.57. The molecule has 190 valence electrons. The Balaban J connectivity index is 1.30. The van der Waals surface area contributed by atoms with Crippen LogP contribution in [0.15, 0.2) is 64.9 Å². The summed E-state index contributed by atoms with van der Waals surface area (Å²) in [6, 6.07) is 16.7. The smallest absolute Gasteiger partial charge is 0.243 e. The molecular weight excluding hydrogens is 514 g/mol. The van der Waals surface area contributed by atoms with Crippen LogP contribution in [0.4, 0.5) is 0 Å². The molecule has 2 aromatic carbocycles. The molecular formula is C27H30ClN3O3S2. The first kappa shape index (κ1) is 25.4. The zero-order valence-electron chi connectivity index (χ0n) is 20.4. The summed E-state index contributed by atoms with van der Waals surface area (Å²) >= 11 is 7.72. The molecule has 3 aromatic rings. The maximum absolute atomic E-state index is 13.5. The lowest BCUT2D eigenvalue weighted by Gasteiger charge is -2.41. The minimum Gasteiger partial charge on any atom is -0.339 e. The van der Waals surface area contributed by atoms with Crippen LogP contribution < -0.4 is 0 Å². The van der Waals surface area contributed by atoms with Gasteiger partial charge in [-0.15, -0.1) is 11.3 Å². The number of aryl methyl sites for hydroxylation is 1. The topological polar surface area (TPSA) is 60.9 Å². The second-order valence-electron chi connectivity index (χ2n) is 9.59. The summed E-state index contributed by atoms with van der Waals surface area (Å²) in [6.45, 7) is 6.09. The van der Waals surface area contributed by atoms with E-state index >= 15 is 0 Å². The summed E-state index contributed by atoms with van der Waals surface area (Å²) in [5, 5.41) is 2.63. The normalized spacial score (nSPS) is 21.4. The SMILES string of the molecule is Cc1ccc([C@@H]2c3ccsc3CCN2CC(=O)N2CCN(S(=O)(=O)c3ccc(Cl)cc3)[C@@H](C)C2)cc1. The van der Waals surface area contributed by atoms with Gasteiger partial charge in [-0.3, -0.25) is 9.69 Å². The highest BCUT2D eigenvalue weighted by Crippen LogP contribution is 2.37. The summed E-state index contributed by atoms with van der Waals surface area (Å²) in [5.74, 6) is 0.0428. The molecule has 6 nitrogen and oxygen atoms in total. The molecule has 0 saturated carbocycles. The summed E-state index contributed by atoms with van der Waals surface area (Å²) in [6.07, 6.45) is 0.937. The standard InChI is InChI=1S/C27H30ClN3O3S2/c1-19-3-5-21(6-4-19)27-24-12-16-35-25(24)11-13-30(27)18-26(32)29-14-15-31(20(2)17-29)36(33,34)23-9-7-22(28)8-10-23/h3-10,12,16,20,27H,11,13-15,17-18H2,1-2H3/t20-,27+/m0/s1. The van der Waals surface area contributed by atoms with E-state index in [0.29, 0.717) is 24.7 Å². The van der Waals surface area contributed by atoms with Crippen molar-refractivity contribution in [1.29, 1.82) is 0 Å². The molecule has 5 rings (SSSR count). The van der Waals surface area contributed by atoms with Crippen LogP contribution in [0.25, 0.3) is 0 Å². The van der Waals surface area contributed by atoms with Crippen molar-refractivity contribution in [1.82, 2.24) is 14.1 Å². The van der Waals surface area contributed by atoms with Gasteiger partial charge in [0.2, 0.25) is 15.9 Å². The Hall–Kier alpha value is -2.23. The number of rotatable bonds is 5. The predicted octanol–water partition coefficient (Wildman–Crippen LogP) is 4.58. The van der Waals surface area contributed by atoms with Gasteiger partial charge in [-0.05, 0) is 67.1 Å². The quantitative estimate of drug-likeness (QED) is 0.472. The Morgan fingerprint density at radius 3 is 2.44 bits per heavy atom. The van der Waals surface area contributed by atoms with Gasteiger partial charge in [0.1, 0.15) is 0 Å². The van der Waals surface area contributed by atoms with E-state index in [2.05, 4.69) is 47.5 Å². The van der Waals surface area contributed by atoms with E-state index in [1.807, 2.05) is 11.8 Å². The number of carbonyl (C=O) groups excluding carboxylic acids is 1. The average Bonchev–Trinajstić information content (AvgIpc) is 3.33. The lowest BCUT2D eigenvalue weighted by molar-refractivity contribution is -0.135.